The van der Waals surface area contributed by atoms with Gasteiger partial charge in [-0.15, -0.1) is 0 Å². The Labute approximate surface area is 125 Å². The van der Waals surface area contributed by atoms with Crippen LogP contribution >= 0.6 is 11.6 Å². The third-order valence-corrected chi connectivity index (χ3v) is 3.45. The minimum atomic E-state index is -0.384. The largest absolute Gasteiger partial charge is 0.495 e. The molecule has 0 spiro atoms. The van der Waals surface area contributed by atoms with Gasteiger partial charge < -0.3 is 14.7 Å². The van der Waals surface area contributed by atoms with Gasteiger partial charge in [-0.05, 0) is 37.5 Å². The summed E-state index contributed by atoms with van der Waals surface area (Å²) in [5, 5.41) is 9.76. The predicted octanol–water partition coefficient (Wildman–Crippen LogP) is 2.51. The van der Waals surface area contributed by atoms with Crippen molar-refractivity contribution in [2.24, 2.45) is 0 Å². The number of hydrogen-bond acceptors (Lipinski definition) is 3. The van der Waals surface area contributed by atoms with Gasteiger partial charge in [0.1, 0.15) is 5.75 Å². The molecule has 5 heteroatoms. The molecule has 4 nitrogen and oxygen atoms in total. The van der Waals surface area contributed by atoms with Crippen LogP contribution in [0.2, 0.25) is 5.02 Å². The average Bonchev–Trinajstić information content (AvgIpc) is 2.42. The molecule has 0 saturated heterocycles. The first-order valence-electron chi connectivity index (χ1n) is 6.68. The number of methoxy groups -OCH3 is 1. The van der Waals surface area contributed by atoms with Crippen molar-refractivity contribution in [3.05, 3.63) is 28.8 Å². The molecule has 0 aliphatic carbocycles. The summed E-state index contributed by atoms with van der Waals surface area (Å²) in [7, 11) is 3.33. The topological polar surface area (TPSA) is 49.8 Å². The SMILES string of the molecule is COc1ccc(CCC(=O)N(C)CCC(C)O)cc1Cl. The van der Waals surface area contributed by atoms with E-state index in [1.54, 1.807) is 32.0 Å². The second-order valence-electron chi connectivity index (χ2n) is 4.92. The van der Waals surface area contributed by atoms with Crippen LogP contribution in [0.4, 0.5) is 0 Å². The number of hydrogen-bond donors (Lipinski definition) is 1. The van der Waals surface area contributed by atoms with Gasteiger partial charge in [0, 0.05) is 20.0 Å². The molecule has 1 aromatic carbocycles. The molecule has 0 aromatic heterocycles. The van der Waals surface area contributed by atoms with Crippen molar-refractivity contribution in [3.63, 3.8) is 0 Å². The Morgan fingerprint density at radius 3 is 2.75 bits per heavy atom. The normalized spacial score (nSPS) is 12.1. The fourth-order valence-corrected chi connectivity index (χ4v) is 2.09. The van der Waals surface area contributed by atoms with Crippen LogP contribution in [-0.2, 0) is 11.2 Å². The van der Waals surface area contributed by atoms with Crippen LogP contribution in [0, 0.1) is 0 Å². The Morgan fingerprint density at radius 2 is 2.20 bits per heavy atom. The number of aryl methyl sites for hydroxylation is 1. The molecule has 1 N–H and O–H groups in total. The summed E-state index contributed by atoms with van der Waals surface area (Å²) in [6.07, 6.45) is 1.28. The lowest BCUT2D eigenvalue weighted by atomic mass is 10.1. The van der Waals surface area contributed by atoms with Crippen molar-refractivity contribution in [1.29, 1.82) is 0 Å². The predicted molar refractivity (Wildman–Crippen MR) is 80.3 cm³/mol. The van der Waals surface area contributed by atoms with E-state index in [2.05, 4.69) is 0 Å². The van der Waals surface area contributed by atoms with Crippen molar-refractivity contribution in [2.45, 2.75) is 32.3 Å². The molecule has 0 fully saturated rings. The lowest BCUT2D eigenvalue weighted by Gasteiger charge is -2.18. The molecule has 1 atom stereocenters. The van der Waals surface area contributed by atoms with E-state index in [1.807, 2.05) is 12.1 Å². The van der Waals surface area contributed by atoms with Gasteiger partial charge in [-0.25, -0.2) is 0 Å². The molecular weight excluding hydrogens is 278 g/mol. The summed E-state index contributed by atoms with van der Waals surface area (Å²) >= 11 is 6.04. The summed E-state index contributed by atoms with van der Waals surface area (Å²) in [5.41, 5.74) is 1.01. The minimum absolute atomic E-state index is 0.0672. The van der Waals surface area contributed by atoms with Crippen molar-refractivity contribution in [2.75, 3.05) is 20.7 Å². The van der Waals surface area contributed by atoms with Gasteiger partial charge in [0.05, 0.1) is 18.2 Å². The molecule has 0 bridgehead atoms. The molecule has 1 amide bonds. The van der Waals surface area contributed by atoms with E-state index in [0.717, 1.165) is 5.56 Å². The fraction of sp³-hybridized carbons (Fsp3) is 0.533. The zero-order valence-electron chi connectivity index (χ0n) is 12.2. The molecule has 0 aliphatic heterocycles. The average molecular weight is 300 g/mol. The number of carbonyl (C=O) groups is 1. The maximum absolute atomic E-state index is 11.9. The third kappa shape index (κ3) is 5.39. The Kier molecular flexibility index (Phi) is 6.82. The first kappa shape index (κ1) is 16.8. The van der Waals surface area contributed by atoms with E-state index in [0.29, 0.717) is 36.6 Å². The zero-order chi connectivity index (χ0) is 15.1. The first-order valence-corrected chi connectivity index (χ1v) is 7.06. The second kappa shape index (κ2) is 8.12. The number of carbonyl (C=O) groups excluding carboxylic acids is 1. The molecule has 1 rings (SSSR count). The number of rotatable bonds is 7. The summed E-state index contributed by atoms with van der Waals surface area (Å²) in [4.78, 5) is 13.6. The lowest BCUT2D eigenvalue weighted by molar-refractivity contribution is -0.130. The van der Waals surface area contributed by atoms with Crippen molar-refractivity contribution in [3.8, 4) is 5.75 Å². The van der Waals surface area contributed by atoms with Crippen molar-refractivity contribution >= 4 is 17.5 Å². The molecule has 20 heavy (non-hydrogen) atoms. The number of nitrogens with zero attached hydrogens (tertiary/aromatic N) is 1. The Balaban J connectivity index is 2.46. The number of amides is 1. The highest BCUT2D eigenvalue weighted by molar-refractivity contribution is 6.32. The van der Waals surface area contributed by atoms with E-state index >= 15 is 0 Å². The zero-order valence-corrected chi connectivity index (χ0v) is 13.0. The van der Waals surface area contributed by atoms with Crippen LogP contribution in [0.15, 0.2) is 18.2 Å². The highest BCUT2D eigenvalue weighted by Gasteiger charge is 2.10. The number of aliphatic hydroxyl groups is 1. The summed E-state index contributed by atoms with van der Waals surface area (Å²) < 4.78 is 5.09. The smallest absolute Gasteiger partial charge is 0.222 e. The number of benzene rings is 1. The monoisotopic (exact) mass is 299 g/mol. The molecule has 0 saturated carbocycles. The molecular formula is C15H22ClNO3. The third-order valence-electron chi connectivity index (χ3n) is 3.15. The van der Waals surface area contributed by atoms with E-state index in [-0.39, 0.29) is 12.0 Å². The van der Waals surface area contributed by atoms with Crippen LogP contribution in [0.1, 0.15) is 25.3 Å². The van der Waals surface area contributed by atoms with Gasteiger partial charge in [0.2, 0.25) is 5.91 Å². The van der Waals surface area contributed by atoms with E-state index < -0.39 is 0 Å². The lowest BCUT2D eigenvalue weighted by Crippen LogP contribution is -2.29. The van der Waals surface area contributed by atoms with Crippen molar-refractivity contribution in [1.82, 2.24) is 4.90 Å². The first-order chi connectivity index (χ1) is 9.43. The van der Waals surface area contributed by atoms with Crippen LogP contribution in [0.5, 0.6) is 5.75 Å². The van der Waals surface area contributed by atoms with Crippen LogP contribution < -0.4 is 4.74 Å². The number of aliphatic hydroxyl groups excluding tert-OH is 1. The standard InChI is InChI=1S/C15H22ClNO3/c1-11(18)8-9-17(2)15(19)7-5-12-4-6-14(20-3)13(16)10-12/h4,6,10-11,18H,5,7-9H2,1-3H3. The van der Waals surface area contributed by atoms with E-state index in [9.17, 15) is 9.90 Å². The number of ether oxygens (including phenoxy) is 1. The Morgan fingerprint density at radius 1 is 1.50 bits per heavy atom. The van der Waals surface area contributed by atoms with Gasteiger partial charge in [-0.3, -0.25) is 4.79 Å². The van der Waals surface area contributed by atoms with Crippen molar-refractivity contribution < 1.29 is 14.6 Å². The van der Waals surface area contributed by atoms with Crippen LogP contribution in [-0.4, -0.2) is 42.7 Å². The van der Waals surface area contributed by atoms with E-state index in [4.69, 9.17) is 16.3 Å². The molecule has 112 valence electrons. The van der Waals surface area contributed by atoms with Gasteiger partial charge in [-0.1, -0.05) is 17.7 Å². The number of halogens is 1. The second-order valence-corrected chi connectivity index (χ2v) is 5.33. The minimum Gasteiger partial charge on any atom is -0.495 e. The molecule has 0 radical (unpaired) electrons. The van der Waals surface area contributed by atoms with Gasteiger partial charge in [0.25, 0.3) is 0 Å². The van der Waals surface area contributed by atoms with Crippen LogP contribution in [0.25, 0.3) is 0 Å². The summed E-state index contributed by atoms with van der Waals surface area (Å²) in [5.74, 6) is 0.702. The van der Waals surface area contributed by atoms with Gasteiger partial charge in [0.15, 0.2) is 0 Å². The fourth-order valence-electron chi connectivity index (χ4n) is 1.81. The molecule has 0 aliphatic rings. The highest BCUT2D eigenvalue weighted by atomic mass is 35.5. The Bertz CT molecular complexity index is 449. The summed E-state index contributed by atoms with van der Waals surface area (Å²) in [6.45, 7) is 2.29. The Hall–Kier alpha value is -1.26. The van der Waals surface area contributed by atoms with Crippen LogP contribution in [0.3, 0.4) is 0 Å². The molecule has 0 heterocycles. The van der Waals surface area contributed by atoms with Gasteiger partial charge >= 0.3 is 0 Å². The molecule has 1 unspecified atom stereocenters. The van der Waals surface area contributed by atoms with Gasteiger partial charge in [-0.2, -0.15) is 0 Å². The van der Waals surface area contributed by atoms with E-state index in [1.165, 1.54) is 0 Å². The molecule has 1 aromatic rings. The maximum Gasteiger partial charge on any atom is 0.222 e. The maximum atomic E-state index is 11.9. The highest BCUT2D eigenvalue weighted by Crippen LogP contribution is 2.25. The quantitative estimate of drug-likeness (QED) is 0.841. The summed E-state index contributed by atoms with van der Waals surface area (Å²) in [6, 6.07) is 5.54.